The number of hydrogen-bond donors (Lipinski definition) is 0. The lowest BCUT2D eigenvalue weighted by Gasteiger charge is -2.08. The van der Waals surface area contributed by atoms with Crippen molar-refractivity contribution in [3.63, 3.8) is 0 Å². The van der Waals surface area contributed by atoms with E-state index >= 15 is 0 Å². The van der Waals surface area contributed by atoms with Crippen LogP contribution in [-0.4, -0.2) is 24.9 Å². The van der Waals surface area contributed by atoms with E-state index in [9.17, 15) is 13.2 Å². The molecule has 0 fully saturated rings. The molecule has 0 N–H and O–H groups in total. The molecule has 0 amide bonds. The highest BCUT2D eigenvalue weighted by Gasteiger charge is 2.32. The Kier molecular flexibility index (Phi) is 4.63. The average molecular weight is 366 g/mol. The highest BCUT2D eigenvalue weighted by Crippen LogP contribution is 2.28. The number of aryl methyl sites for hydroxylation is 1. The largest absolute Gasteiger partial charge is 0.433 e. The van der Waals surface area contributed by atoms with Gasteiger partial charge in [0.05, 0.1) is 0 Å². The Morgan fingerprint density at radius 3 is 2.56 bits per heavy atom. The van der Waals surface area contributed by atoms with E-state index in [1.54, 1.807) is 12.1 Å². The highest BCUT2D eigenvalue weighted by molar-refractivity contribution is 6.28. The van der Waals surface area contributed by atoms with Crippen molar-refractivity contribution in [2.45, 2.75) is 19.5 Å². The van der Waals surface area contributed by atoms with Crippen LogP contribution in [0.2, 0.25) is 5.28 Å². The lowest BCUT2D eigenvalue weighted by molar-refractivity contribution is -0.141. The lowest BCUT2D eigenvalue weighted by Crippen LogP contribution is -2.09. The van der Waals surface area contributed by atoms with Gasteiger partial charge in [-0.15, -0.1) is 0 Å². The Balaban J connectivity index is 1.94. The molecule has 3 aromatic rings. The molecule has 25 heavy (non-hydrogen) atoms. The number of rotatable bonds is 3. The van der Waals surface area contributed by atoms with Crippen LogP contribution in [0.1, 0.15) is 22.8 Å². The topological polar surface area (TPSA) is 64.5 Å². The molecule has 0 unspecified atom stereocenters. The van der Waals surface area contributed by atoms with Gasteiger partial charge in [0.25, 0.3) is 0 Å². The smallest absolute Gasteiger partial charge is 0.252 e. The van der Waals surface area contributed by atoms with Gasteiger partial charge in [0.15, 0.2) is 5.82 Å². The molecule has 3 aromatic heterocycles. The van der Waals surface area contributed by atoms with Crippen molar-refractivity contribution in [3.05, 3.63) is 64.6 Å². The van der Waals surface area contributed by atoms with Gasteiger partial charge in [0.1, 0.15) is 17.2 Å². The molecule has 9 heteroatoms. The molecule has 0 saturated heterocycles. The summed E-state index contributed by atoms with van der Waals surface area (Å²) in [6.45, 7) is 1.82. The van der Waals surface area contributed by atoms with Crippen molar-refractivity contribution in [1.29, 1.82) is 0 Å². The Hall–Kier alpha value is -2.61. The number of alkyl halides is 3. The first-order valence-corrected chi connectivity index (χ1v) is 7.56. The Labute approximate surface area is 146 Å². The highest BCUT2D eigenvalue weighted by atomic mass is 35.5. The fourth-order valence-corrected chi connectivity index (χ4v) is 2.35. The van der Waals surface area contributed by atoms with Crippen molar-refractivity contribution in [2.75, 3.05) is 0 Å². The summed E-state index contributed by atoms with van der Waals surface area (Å²) in [6, 6.07) is 7.77. The van der Waals surface area contributed by atoms with Gasteiger partial charge < -0.3 is 0 Å². The lowest BCUT2D eigenvalue weighted by atomic mass is 10.1. The van der Waals surface area contributed by atoms with Crippen molar-refractivity contribution in [3.8, 4) is 11.5 Å². The van der Waals surface area contributed by atoms with Crippen LogP contribution in [0.25, 0.3) is 11.5 Å². The van der Waals surface area contributed by atoms with Gasteiger partial charge in [0, 0.05) is 18.3 Å². The first kappa shape index (κ1) is 17.2. The molecule has 5 nitrogen and oxygen atoms in total. The summed E-state index contributed by atoms with van der Waals surface area (Å²) in [7, 11) is 0. The second-order valence-electron chi connectivity index (χ2n) is 5.23. The molecule has 0 atom stereocenters. The molecular formula is C16H11ClF3N5. The fraction of sp³-hybridized carbons (Fsp3) is 0.188. The second kappa shape index (κ2) is 6.72. The molecule has 0 aliphatic rings. The number of hydrogen-bond acceptors (Lipinski definition) is 5. The van der Waals surface area contributed by atoms with Crippen molar-refractivity contribution in [1.82, 2.24) is 24.9 Å². The normalized spacial score (nSPS) is 11.6. The minimum absolute atomic E-state index is 0.0478. The summed E-state index contributed by atoms with van der Waals surface area (Å²) < 4.78 is 38.3. The van der Waals surface area contributed by atoms with E-state index in [0.717, 1.165) is 18.0 Å². The minimum Gasteiger partial charge on any atom is -0.252 e. The fourth-order valence-electron chi connectivity index (χ4n) is 2.17. The van der Waals surface area contributed by atoms with Crippen LogP contribution in [0.3, 0.4) is 0 Å². The summed E-state index contributed by atoms with van der Waals surface area (Å²) in [5.74, 6) is 0.515. The Morgan fingerprint density at radius 2 is 1.84 bits per heavy atom. The van der Waals surface area contributed by atoms with Crippen LogP contribution >= 0.6 is 11.6 Å². The quantitative estimate of drug-likeness (QED) is 0.704. The Bertz CT molecular complexity index is 914. The summed E-state index contributed by atoms with van der Waals surface area (Å²) in [5.41, 5.74) is 0.689. The zero-order chi connectivity index (χ0) is 18.0. The molecule has 3 heterocycles. The van der Waals surface area contributed by atoms with Gasteiger partial charge in [0.2, 0.25) is 5.28 Å². The van der Waals surface area contributed by atoms with Crippen molar-refractivity contribution >= 4 is 11.6 Å². The number of aromatic nitrogens is 5. The third-order valence-corrected chi connectivity index (χ3v) is 3.42. The summed E-state index contributed by atoms with van der Waals surface area (Å²) in [5, 5.41) is -0.0478. The standard InChI is InChI=1S/C16H11ClF3N5/c1-9-3-2-4-11(22-9)14-23-13(24-15(17)25-14)8-10-5-6-21-12(7-10)16(18,19)20/h2-7H,8H2,1H3. The first-order valence-electron chi connectivity index (χ1n) is 7.18. The van der Waals surface area contributed by atoms with E-state index in [2.05, 4.69) is 24.9 Å². The zero-order valence-corrected chi connectivity index (χ0v) is 13.7. The van der Waals surface area contributed by atoms with Crippen LogP contribution in [0.5, 0.6) is 0 Å². The van der Waals surface area contributed by atoms with Crippen LogP contribution in [0.15, 0.2) is 36.5 Å². The zero-order valence-electron chi connectivity index (χ0n) is 12.9. The number of pyridine rings is 2. The van der Waals surface area contributed by atoms with E-state index in [1.165, 1.54) is 6.07 Å². The molecule has 0 spiro atoms. The SMILES string of the molecule is Cc1cccc(-c2nc(Cl)nc(Cc3ccnc(C(F)(F)F)c3)n2)n1. The third-order valence-electron chi connectivity index (χ3n) is 3.25. The molecule has 3 rings (SSSR count). The number of halogens is 4. The van der Waals surface area contributed by atoms with Gasteiger partial charge >= 0.3 is 6.18 Å². The van der Waals surface area contributed by atoms with Gasteiger partial charge in [-0.1, -0.05) is 6.07 Å². The van der Waals surface area contributed by atoms with Crippen LogP contribution in [0.4, 0.5) is 13.2 Å². The van der Waals surface area contributed by atoms with Gasteiger partial charge in [-0.3, -0.25) is 4.98 Å². The molecular weight excluding hydrogens is 355 g/mol. The minimum atomic E-state index is -4.51. The van der Waals surface area contributed by atoms with E-state index in [0.29, 0.717) is 11.3 Å². The first-order chi connectivity index (χ1) is 11.8. The molecule has 128 valence electrons. The van der Waals surface area contributed by atoms with E-state index in [-0.39, 0.29) is 23.4 Å². The number of nitrogens with zero attached hydrogens (tertiary/aromatic N) is 5. The van der Waals surface area contributed by atoms with Gasteiger partial charge in [-0.2, -0.15) is 18.2 Å². The Morgan fingerprint density at radius 1 is 1.04 bits per heavy atom. The summed E-state index contributed by atoms with van der Waals surface area (Å²) in [6.07, 6.45) is -3.35. The molecule has 0 saturated carbocycles. The van der Waals surface area contributed by atoms with Gasteiger partial charge in [-0.05, 0) is 48.4 Å². The molecule has 0 aliphatic heterocycles. The summed E-state index contributed by atoms with van der Waals surface area (Å²) in [4.78, 5) is 19.9. The second-order valence-corrected chi connectivity index (χ2v) is 5.57. The average Bonchev–Trinajstić information content (AvgIpc) is 2.54. The molecule has 0 bridgehead atoms. The molecule has 0 aromatic carbocycles. The monoisotopic (exact) mass is 365 g/mol. The summed E-state index contributed by atoms with van der Waals surface area (Å²) >= 11 is 5.93. The predicted molar refractivity (Wildman–Crippen MR) is 84.9 cm³/mol. The maximum Gasteiger partial charge on any atom is 0.433 e. The van der Waals surface area contributed by atoms with Gasteiger partial charge in [-0.25, -0.2) is 15.0 Å². The van der Waals surface area contributed by atoms with E-state index in [1.807, 2.05) is 13.0 Å². The predicted octanol–water partition coefficient (Wildman–Crippen LogP) is 3.90. The van der Waals surface area contributed by atoms with E-state index in [4.69, 9.17) is 11.6 Å². The van der Waals surface area contributed by atoms with Crippen LogP contribution in [0, 0.1) is 6.92 Å². The molecule has 0 radical (unpaired) electrons. The van der Waals surface area contributed by atoms with Crippen LogP contribution in [-0.2, 0) is 12.6 Å². The third kappa shape index (κ3) is 4.27. The molecule has 0 aliphatic carbocycles. The maximum atomic E-state index is 12.8. The van der Waals surface area contributed by atoms with Crippen molar-refractivity contribution < 1.29 is 13.2 Å². The maximum absolute atomic E-state index is 12.8. The van der Waals surface area contributed by atoms with Crippen molar-refractivity contribution in [2.24, 2.45) is 0 Å². The van der Waals surface area contributed by atoms with E-state index < -0.39 is 11.9 Å². The van der Waals surface area contributed by atoms with Crippen LogP contribution < -0.4 is 0 Å².